The molecule has 14 heavy (non-hydrogen) atoms. The van der Waals surface area contributed by atoms with Crippen LogP contribution in [0.3, 0.4) is 0 Å². The summed E-state index contributed by atoms with van der Waals surface area (Å²) in [5.41, 5.74) is 0.503. The van der Waals surface area contributed by atoms with Gasteiger partial charge in [-0.3, -0.25) is 0 Å². The van der Waals surface area contributed by atoms with Crippen LogP contribution in [0.2, 0.25) is 0 Å². The minimum atomic E-state index is -0.0992. The van der Waals surface area contributed by atoms with Crippen LogP contribution in [0.5, 0.6) is 0 Å². The molecule has 3 nitrogen and oxygen atoms in total. The molecule has 1 aliphatic carbocycles. The molecule has 0 atom stereocenters. The molecule has 1 saturated carbocycles. The zero-order chi connectivity index (χ0) is 10.0. The van der Waals surface area contributed by atoms with Crippen molar-refractivity contribution in [1.29, 1.82) is 0 Å². The second kappa shape index (κ2) is 3.79. The van der Waals surface area contributed by atoms with Crippen LogP contribution in [0.25, 0.3) is 0 Å². The molecule has 2 rings (SSSR count). The third kappa shape index (κ3) is 2.02. The molecule has 80 valence electrons. The summed E-state index contributed by atoms with van der Waals surface area (Å²) in [6.07, 6.45) is 5.89. The van der Waals surface area contributed by atoms with Gasteiger partial charge >= 0.3 is 6.09 Å². The molecule has 0 aromatic carbocycles. The molecule has 0 aromatic rings. The molecule has 1 spiro atoms. The Balaban J connectivity index is 1.81. The fourth-order valence-corrected chi connectivity index (χ4v) is 2.23. The van der Waals surface area contributed by atoms with Crippen LogP contribution in [0.15, 0.2) is 0 Å². The molecule has 0 radical (unpaired) electrons. The Labute approximate surface area is 85.4 Å². The molecule has 3 heteroatoms. The Hall–Kier alpha value is -0.730. The first-order valence-electron chi connectivity index (χ1n) is 5.67. The predicted octanol–water partition coefficient (Wildman–Crippen LogP) is 2.41. The van der Waals surface area contributed by atoms with Gasteiger partial charge in [-0.15, -0.1) is 0 Å². The fraction of sp³-hybridized carbons (Fsp3) is 0.909. The van der Waals surface area contributed by atoms with Crippen molar-refractivity contribution in [1.82, 2.24) is 4.90 Å². The molecule has 1 saturated heterocycles. The van der Waals surface area contributed by atoms with E-state index in [1.54, 1.807) is 0 Å². The van der Waals surface area contributed by atoms with Gasteiger partial charge in [-0.05, 0) is 37.5 Å². The maximum absolute atomic E-state index is 11.6. The maximum atomic E-state index is 11.6. The molecule has 1 amide bonds. The summed E-state index contributed by atoms with van der Waals surface area (Å²) < 4.78 is 5.14. The first-order chi connectivity index (χ1) is 6.76. The third-order valence-corrected chi connectivity index (χ3v) is 3.31. The van der Waals surface area contributed by atoms with Gasteiger partial charge in [0.1, 0.15) is 0 Å². The van der Waals surface area contributed by atoms with Gasteiger partial charge in [-0.2, -0.15) is 0 Å². The van der Waals surface area contributed by atoms with Crippen molar-refractivity contribution in [3.05, 3.63) is 0 Å². The summed E-state index contributed by atoms with van der Waals surface area (Å²) in [4.78, 5) is 13.5. The van der Waals surface area contributed by atoms with Gasteiger partial charge in [-0.25, -0.2) is 4.79 Å². The molecule has 0 bridgehead atoms. The second-order valence-electron chi connectivity index (χ2n) is 4.64. The molecule has 1 aliphatic heterocycles. The highest BCUT2D eigenvalue weighted by Crippen LogP contribution is 2.52. The molecule has 2 fully saturated rings. The van der Waals surface area contributed by atoms with E-state index in [1.807, 2.05) is 11.8 Å². The van der Waals surface area contributed by atoms with Crippen molar-refractivity contribution in [2.75, 3.05) is 19.7 Å². The lowest BCUT2D eigenvalue weighted by Crippen LogP contribution is -2.41. The van der Waals surface area contributed by atoms with Crippen molar-refractivity contribution < 1.29 is 9.53 Å². The Morgan fingerprint density at radius 3 is 2.86 bits per heavy atom. The minimum Gasteiger partial charge on any atom is -0.449 e. The average molecular weight is 197 g/mol. The maximum Gasteiger partial charge on any atom is 0.409 e. The SMILES string of the molecule is CCCOC(=O)N1CCCC2(CC2)C1. The highest BCUT2D eigenvalue weighted by molar-refractivity contribution is 5.67. The third-order valence-electron chi connectivity index (χ3n) is 3.31. The van der Waals surface area contributed by atoms with Gasteiger partial charge < -0.3 is 9.64 Å². The first-order valence-corrected chi connectivity index (χ1v) is 5.67. The van der Waals surface area contributed by atoms with E-state index in [2.05, 4.69) is 0 Å². The number of amides is 1. The van der Waals surface area contributed by atoms with E-state index in [1.165, 1.54) is 19.3 Å². The smallest absolute Gasteiger partial charge is 0.409 e. The Bertz CT molecular complexity index is 223. The van der Waals surface area contributed by atoms with Crippen LogP contribution in [0.4, 0.5) is 4.79 Å². The lowest BCUT2D eigenvalue weighted by molar-refractivity contribution is 0.0807. The summed E-state index contributed by atoms with van der Waals surface area (Å²) in [5.74, 6) is 0. The molecule has 0 N–H and O–H groups in total. The van der Waals surface area contributed by atoms with Crippen molar-refractivity contribution in [3.8, 4) is 0 Å². The Morgan fingerprint density at radius 1 is 1.43 bits per heavy atom. The number of ether oxygens (including phenoxy) is 1. The van der Waals surface area contributed by atoms with E-state index < -0.39 is 0 Å². The number of carbonyl (C=O) groups is 1. The van der Waals surface area contributed by atoms with Gasteiger partial charge in [0.2, 0.25) is 0 Å². The number of piperidine rings is 1. The summed E-state index contributed by atoms with van der Waals surface area (Å²) in [7, 11) is 0. The fourth-order valence-electron chi connectivity index (χ4n) is 2.23. The van der Waals surface area contributed by atoms with E-state index in [0.29, 0.717) is 12.0 Å². The van der Waals surface area contributed by atoms with Gasteiger partial charge in [0.15, 0.2) is 0 Å². The zero-order valence-corrected chi connectivity index (χ0v) is 8.92. The van der Waals surface area contributed by atoms with Crippen molar-refractivity contribution in [2.24, 2.45) is 5.41 Å². The number of carbonyl (C=O) groups excluding carboxylic acids is 1. The molecule has 1 heterocycles. The number of hydrogen-bond acceptors (Lipinski definition) is 2. The highest BCUT2D eigenvalue weighted by Gasteiger charge is 2.46. The van der Waals surface area contributed by atoms with E-state index >= 15 is 0 Å². The number of hydrogen-bond donors (Lipinski definition) is 0. The Morgan fingerprint density at radius 2 is 2.21 bits per heavy atom. The van der Waals surface area contributed by atoms with Crippen molar-refractivity contribution >= 4 is 6.09 Å². The highest BCUT2D eigenvalue weighted by atomic mass is 16.6. The lowest BCUT2D eigenvalue weighted by atomic mass is 9.95. The predicted molar refractivity (Wildman–Crippen MR) is 54.1 cm³/mol. The average Bonchev–Trinajstić information content (AvgIpc) is 2.94. The topological polar surface area (TPSA) is 29.5 Å². The molecular weight excluding hydrogens is 178 g/mol. The van der Waals surface area contributed by atoms with Gasteiger partial charge in [0, 0.05) is 13.1 Å². The van der Waals surface area contributed by atoms with E-state index in [4.69, 9.17) is 4.74 Å². The van der Waals surface area contributed by atoms with E-state index in [9.17, 15) is 4.79 Å². The molecular formula is C11H19NO2. The van der Waals surface area contributed by atoms with Crippen LogP contribution in [-0.4, -0.2) is 30.7 Å². The molecule has 0 aromatic heterocycles. The Kier molecular flexibility index (Phi) is 2.66. The monoisotopic (exact) mass is 197 g/mol. The second-order valence-corrected chi connectivity index (χ2v) is 4.64. The van der Waals surface area contributed by atoms with Crippen LogP contribution in [0.1, 0.15) is 39.0 Å². The van der Waals surface area contributed by atoms with Crippen molar-refractivity contribution in [2.45, 2.75) is 39.0 Å². The van der Waals surface area contributed by atoms with Gasteiger partial charge in [0.05, 0.1) is 6.61 Å². The van der Waals surface area contributed by atoms with Crippen LogP contribution in [0, 0.1) is 5.41 Å². The van der Waals surface area contributed by atoms with E-state index in [-0.39, 0.29) is 6.09 Å². The van der Waals surface area contributed by atoms with Crippen LogP contribution >= 0.6 is 0 Å². The van der Waals surface area contributed by atoms with Gasteiger partial charge in [-0.1, -0.05) is 6.92 Å². The summed E-state index contributed by atoms with van der Waals surface area (Å²) >= 11 is 0. The van der Waals surface area contributed by atoms with Crippen molar-refractivity contribution in [3.63, 3.8) is 0 Å². The summed E-state index contributed by atoms with van der Waals surface area (Å²) in [6.45, 7) is 4.41. The minimum absolute atomic E-state index is 0.0992. The quantitative estimate of drug-likeness (QED) is 0.680. The van der Waals surface area contributed by atoms with E-state index in [0.717, 1.165) is 25.9 Å². The molecule has 0 unspecified atom stereocenters. The summed E-state index contributed by atoms with van der Waals surface area (Å²) in [5, 5.41) is 0. The number of likely N-dealkylation sites (tertiary alicyclic amines) is 1. The van der Waals surface area contributed by atoms with Crippen LogP contribution < -0.4 is 0 Å². The van der Waals surface area contributed by atoms with Gasteiger partial charge in [0.25, 0.3) is 0 Å². The van der Waals surface area contributed by atoms with Crippen LogP contribution in [-0.2, 0) is 4.74 Å². The standard InChI is InChI=1S/C11H19NO2/c1-2-8-14-10(13)12-7-3-4-11(9-12)5-6-11/h2-9H2,1H3. The number of nitrogens with zero attached hydrogens (tertiary/aromatic N) is 1. The first kappa shape index (κ1) is 9.81. The lowest BCUT2D eigenvalue weighted by Gasteiger charge is -2.32. The normalized spacial score (nSPS) is 23.6. The largest absolute Gasteiger partial charge is 0.449 e. The zero-order valence-electron chi connectivity index (χ0n) is 8.92. The molecule has 2 aliphatic rings. The number of rotatable bonds is 2. The summed E-state index contributed by atoms with van der Waals surface area (Å²) in [6, 6.07) is 0.